The number of phenolic OH excluding ortho intramolecular Hbond substituents is 1. The van der Waals surface area contributed by atoms with Crippen LogP contribution in [0.5, 0.6) is 11.5 Å². The lowest BCUT2D eigenvalue weighted by molar-refractivity contribution is -0.139. The molecular formula is C24H20BrClN2O5S. The van der Waals surface area contributed by atoms with Crippen molar-refractivity contribution in [3.8, 4) is 11.5 Å². The van der Waals surface area contributed by atoms with Crippen LogP contribution in [0.25, 0.3) is 6.08 Å². The number of allylic oxidation sites excluding steroid dienone is 1. The zero-order chi connectivity index (χ0) is 24.6. The molecule has 0 amide bonds. The standard InChI is InChI=1S/C24H20BrClN2O5S/c1-4-33-23(31)20-12(2)27-24-28(21(20)13-5-7-15(26)8-6-13)22(30)19(34-24)10-14-9-18(32-3)17(29)11-16(14)25/h5-11,21,29H,4H2,1-3H3/b19-10+/t21-/m0/s1. The number of hydrogen-bond acceptors (Lipinski definition) is 7. The Morgan fingerprint density at radius 2 is 2.03 bits per heavy atom. The van der Waals surface area contributed by atoms with Gasteiger partial charge >= 0.3 is 5.97 Å². The first-order valence-corrected chi connectivity index (χ1v) is 12.3. The van der Waals surface area contributed by atoms with Gasteiger partial charge in [-0.1, -0.05) is 51.0 Å². The summed E-state index contributed by atoms with van der Waals surface area (Å²) in [6.45, 7) is 3.65. The molecule has 0 bridgehead atoms. The molecule has 4 rings (SSSR count). The van der Waals surface area contributed by atoms with E-state index in [1.54, 1.807) is 50.3 Å². The first kappa shape index (κ1) is 24.3. The first-order chi connectivity index (χ1) is 16.2. The van der Waals surface area contributed by atoms with Crippen LogP contribution >= 0.6 is 38.9 Å². The number of carbonyl (C=O) groups is 1. The molecule has 1 N–H and O–H groups in total. The number of ether oxygens (including phenoxy) is 2. The van der Waals surface area contributed by atoms with E-state index in [-0.39, 0.29) is 23.7 Å². The van der Waals surface area contributed by atoms with Crippen LogP contribution in [0.15, 0.2) is 61.9 Å². The Kier molecular flexibility index (Phi) is 6.97. The second-order valence-electron chi connectivity index (χ2n) is 7.40. The molecule has 0 aliphatic carbocycles. The Labute approximate surface area is 212 Å². The third-order valence-corrected chi connectivity index (χ3v) is 7.21. The molecule has 176 valence electrons. The van der Waals surface area contributed by atoms with Gasteiger partial charge in [-0.2, -0.15) is 0 Å². The van der Waals surface area contributed by atoms with Gasteiger partial charge in [0.05, 0.1) is 35.6 Å². The lowest BCUT2D eigenvalue weighted by Gasteiger charge is -2.24. The summed E-state index contributed by atoms with van der Waals surface area (Å²) >= 11 is 10.7. The van der Waals surface area contributed by atoms with Crippen molar-refractivity contribution < 1.29 is 19.4 Å². The monoisotopic (exact) mass is 562 g/mol. The minimum Gasteiger partial charge on any atom is -0.504 e. The van der Waals surface area contributed by atoms with Gasteiger partial charge in [0.15, 0.2) is 16.3 Å². The number of methoxy groups -OCH3 is 1. The van der Waals surface area contributed by atoms with Crippen molar-refractivity contribution in [2.24, 2.45) is 4.99 Å². The van der Waals surface area contributed by atoms with Crippen molar-refractivity contribution in [2.45, 2.75) is 19.9 Å². The maximum Gasteiger partial charge on any atom is 0.338 e. The van der Waals surface area contributed by atoms with Crippen LogP contribution in [0.1, 0.15) is 31.0 Å². The number of esters is 1. The van der Waals surface area contributed by atoms with Crippen LogP contribution in [0.4, 0.5) is 0 Å². The van der Waals surface area contributed by atoms with E-state index in [0.717, 1.165) is 0 Å². The van der Waals surface area contributed by atoms with Crippen molar-refractivity contribution in [1.82, 2.24) is 4.57 Å². The molecule has 1 aliphatic rings. The molecule has 10 heteroatoms. The molecule has 1 aromatic heterocycles. The van der Waals surface area contributed by atoms with Gasteiger partial charge in [0, 0.05) is 9.50 Å². The minimum absolute atomic E-state index is 0.0228. The first-order valence-electron chi connectivity index (χ1n) is 10.3. The van der Waals surface area contributed by atoms with E-state index in [0.29, 0.717) is 41.2 Å². The summed E-state index contributed by atoms with van der Waals surface area (Å²) in [5, 5.41) is 10.5. The molecule has 0 spiro atoms. The molecule has 1 atom stereocenters. The van der Waals surface area contributed by atoms with E-state index in [9.17, 15) is 14.7 Å². The second kappa shape index (κ2) is 9.77. The second-order valence-corrected chi connectivity index (χ2v) is 9.70. The number of fused-ring (bicyclic) bond motifs is 1. The van der Waals surface area contributed by atoms with Gasteiger partial charge in [0.1, 0.15) is 0 Å². The number of aromatic nitrogens is 1. The van der Waals surface area contributed by atoms with E-state index in [1.807, 2.05) is 0 Å². The molecule has 0 unspecified atom stereocenters. The normalized spacial score (nSPS) is 15.7. The Hall–Kier alpha value is -2.88. The smallest absolute Gasteiger partial charge is 0.338 e. The summed E-state index contributed by atoms with van der Waals surface area (Å²) in [5.41, 5.74) is 1.83. The fraction of sp³-hybridized carbons (Fsp3) is 0.208. The van der Waals surface area contributed by atoms with Crippen LogP contribution in [0, 0.1) is 0 Å². The molecule has 1 aliphatic heterocycles. The van der Waals surface area contributed by atoms with Gasteiger partial charge in [-0.3, -0.25) is 9.36 Å². The topological polar surface area (TPSA) is 90.1 Å². The van der Waals surface area contributed by atoms with E-state index in [4.69, 9.17) is 21.1 Å². The lowest BCUT2D eigenvalue weighted by Crippen LogP contribution is -2.39. The van der Waals surface area contributed by atoms with Crippen molar-refractivity contribution in [3.63, 3.8) is 0 Å². The third-order valence-electron chi connectivity index (χ3n) is 5.29. The number of benzene rings is 2. The Morgan fingerprint density at radius 1 is 1.32 bits per heavy atom. The number of hydrogen-bond donors (Lipinski definition) is 1. The van der Waals surface area contributed by atoms with Gasteiger partial charge < -0.3 is 14.6 Å². The number of nitrogens with zero attached hydrogens (tertiary/aromatic N) is 2. The van der Waals surface area contributed by atoms with Gasteiger partial charge in [-0.25, -0.2) is 9.79 Å². The van der Waals surface area contributed by atoms with Crippen LogP contribution in [0.2, 0.25) is 5.02 Å². The van der Waals surface area contributed by atoms with Gasteiger partial charge in [0.25, 0.3) is 5.56 Å². The number of thiazole rings is 1. The molecule has 0 saturated heterocycles. The zero-order valence-corrected chi connectivity index (χ0v) is 21.6. The summed E-state index contributed by atoms with van der Waals surface area (Å²) in [7, 11) is 1.45. The number of halogens is 2. The molecule has 7 nitrogen and oxygen atoms in total. The minimum atomic E-state index is -0.715. The quantitative estimate of drug-likeness (QED) is 0.475. The largest absolute Gasteiger partial charge is 0.504 e. The summed E-state index contributed by atoms with van der Waals surface area (Å²) < 4.78 is 13.0. The summed E-state index contributed by atoms with van der Waals surface area (Å²) in [6, 6.07) is 9.40. The maximum atomic E-state index is 13.6. The average molecular weight is 564 g/mol. The predicted molar refractivity (Wildman–Crippen MR) is 134 cm³/mol. The van der Waals surface area contributed by atoms with Crippen molar-refractivity contribution in [2.75, 3.05) is 13.7 Å². The number of aromatic hydroxyl groups is 1. The van der Waals surface area contributed by atoms with Crippen LogP contribution in [-0.2, 0) is 9.53 Å². The van der Waals surface area contributed by atoms with E-state index >= 15 is 0 Å². The van der Waals surface area contributed by atoms with Crippen molar-refractivity contribution in [1.29, 1.82) is 0 Å². The van der Waals surface area contributed by atoms with E-state index < -0.39 is 12.0 Å². The molecule has 0 fully saturated rings. The van der Waals surface area contributed by atoms with Crippen molar-refractivity contribution in [3.05, 3.63) is 88.0 Å². The fourth-order valence-corrected chi connectivity index (χ4v) is 5.34. The highest BCUT2D eigenvalue weighted by Crippen LogP contribution is 2.33. The fourth-order valence-electron chi connectivity index (χ4n) is 3.73. The summed E-state index contributed by atoms with van der Waals surface area (Å²) in [6.07, 6.45) is 1.69. The van der Waals surface area contributed by atoms with E-state index in [2.05, 4.69) is 20.9 Å². The maximum absolute atomic E-state index is 13.6. The number of phenols is 1. The van der Waals surface area contributed by atoms with Gasteiger partial charge in [0.2, 0.25) is 0 Å². The molecule has 0 saturated carbocycles. The predicted octanol–water partition coefficient (Wildman–Crippen LogP) is 3.93. The highest BCUT2D eigenvalue weighted by atomic mass is 79.9. The Balaban J connectivity index is 1.96. The van der Waals surface area contributed by atoms with E-state index in [1.165, 1.54) is 29.1 Å². The number of rotatable bonds is 5. The molecule has 2 heterocycles. The molecule has 3 aromatic rings. The van der Waals surface area contributed by atoms with Crippen LogP contribution in [0.3, 0.4) is 0 Å². The summed E-state index contributed by atoms with van der Waals surface area (Å²) in [5.74, 6) is -0.267. The SMILES string of the molecule is CCOC(=O)C1=C(C)N=c2s/c(=C/c3cc(OC)c(O)cc3Br)c(=O)n2[C@H]1c1ccc(Cl)cc1. The lowest BCUT2D eigenvalue weighted by atomic mass is 9.96. The molecule has 34 heavy (non-hydrogen) atoms. The Bertz CT molecular complexity index is 1490. The van der Waals surface area contributed by atoms with Crippen molar-refractivity contribution >= 4 is 50.9 Å². The zero-order valence-electron chi connectivity index (χ0n) is 18.5. The Morgan fingerprint density at radius 3 is 2.68 bits per heavy atom. The van der Waals surface area contributed by atoms with Gasteiger partial charge in [-0.15, -0.1) is 0 Å². The highest BCUT2D eigenvalue weighted by molar-refractivity contribution is 9.10. The summed E-state index contributed by atoms with van der Waals surface area (Å²) in [4.78, 5) is 31.5. The third kappa shape index (κ3) is 4.43. The average Bonchev–Trinajstić information content (AvgIpc) is 3.10. The highest BCUT2D eigenvalue weighted by Gasteiger charge is 2.33. The number of carbonyl (C=O) groups excluding carboxylic acids is 1. The van der Waals surface area contributed by atoms with Crippen LogP contribution < -0.4 is 19.6 Å². The molecular weight excluding hydrogens is 544 g/mol. The molecule has 2 aromatic carbocycles. The van der Waals surface area contributed by atoms with Crippen LogP contribution in [-0.4, -0.2) is 29.4 Å². The van der Waals surface area contributed by atoms with Gasteiger partial charge in [-0.05, 0) is 55.3 Å². The molecule has 0 radical (unpaired) electrons.